The fourth-order valence-corrected chi connectivity index (χ4v) is 2.77. The van der Waals surface area contributed by atoms with Gasteiger partial charge in [0.25, 0.3) is 12.1 Å². The van der Waals surface area contributed by atoms with Gasteiger partial charge in [-0.2, -0.15) is 0 Å². The summed E-state index contributed by atoms with van der Waals surface area (Å²) in [5.74, 6) is 0.898. The fourth-order valence-electron chi connectivity index (χ4n) is 2.77. The first-order valence-electron chi connectivity index (χ1n) is 6.03. The second kappa shape index (κ2) is 5.40. The van der Waals surface area contributed by atoms with E-state index in [1.165, 1.54) is 18.4 Å². The maximum absolute atomic E-state index is 5.58. The Bertz CT molecular complexity index is 500. The molecule has 0 bridgehead atoms. The van der Waals surface area contributed by atoms with Crippen molar-refractivity contribution in [3.8, 4) is 0 Å². The minimum atomic E-state index is 0. The molecule has 0 radical (unpaired) electrons. The first-order valence-corrected chi connectivity index (χ1v) is 6.03. The van der Waals surface area contributed by atoms with Gasteiger partial charge in [0.1, 0.15) is 0 Å². The summed E-state index contributed by atoms with van der Waals surface area (Å²) in [4.78, 5) is 0. The Kier molecular flexibility index (Phi) is 3.87. The van der Waals surface area contributed by atoms with E-state index in [2.05, 4.69) is 35.6 Å². The monoisotopic (exact) mass is 265 g/mol. The summed E-state index contributed by atoms with van der Waals surface area (Å²) in [5.41, 5.74) is 6.96. The number of nitrogen functional groups attached to an aromatic ring is 1. The van der Waals surface area contributed by atoms with Crippen molar-refractivity contribution < 1.29 is 21.6 Å². The summed E-state index contributed by atoms with van der Waals surface area (Å²) in [7, 11) is 0. The largest absolute Gasteiger partial charge is 1.00 e. The summed E-state index contributed by atoms with van der Waals surface area (Å²) in [6.07, 6.45) is 5.35. The second-order valence-electron chi connectivity index (χ2n) is 4.60. The fraction of sp³-hybridized carbons (Fsp3) is 0.385. The van der Waals surface area contributed by atoms with Crippen LogP contribution in [0.5, 0.6) is 0 Å². The number of anilines is 1. The molecule has 0 aliphatic heterocycles. The molecule has 2 aromatic rings. The Labute approximate surface area is 112 Å². The third-order valence-corrected chi connectivity index (χ3v) is 3.55. The van der Waals surface area contributed by atoms with E-state index in [0.717, 1.165) is 6.42 Å². The smallest absolute Gasteiger partial charge is 0.293 e. The van der Waals surface area contributed by atoms with Crippen molar-refractivity contribution in [3.63, 3.8) is 0 Å². The Morgan fingerprint density at radius 1 is 1.22 bits per heavy atom. The first-order chi connectivity index (χ1) is 8.34. The number of halogens is 1. The number of nitrogens with two attached hydrogens (primary N) is 1. The van der Waals surface area contributed by atoms with Crippen molar-refractivity contribution >= 4 is 5.88 Å². The Morgan fingerprint density at radius 3 is 2.67 bits per heavy atom. The number of rotatable bonds is 2. The van der Waals surface area contributed by atoms with Crippen LogP contribution in [0.15, 0.2) is 41.1 Å². The molecule has 2 atom stereocenters. The van der Waals surface area contributed by atoms with E-state index in [1.54, 1.807) is 6.20 Å². The third kappa shape index (κ3) is 2.34. The van der Waals surface area contributed by atoms with E-state index in [0.29, 0.717) is 17.8 Å². The van der Waals surface area contributed by atoms with Crippen LogP contribution in [0.4, 0.5) is 5.88 Å². The summed E-state index contributed by atoms with van der Waals surface area (Å²) < 4.78 is 6.83. The normalized spacial score (nSPS) is 22.7. The molecule has 2 N–H and O–H groups in total. The molecule has 1 aromatic carbocycles. The molecule has 0 spiro atoms. The number of hydrogen-bond acceptors (Lipinski definition) is 3. The van der Waals surface area contributed by atoms with Gasteiger partial charge >= 0.3 is 0 Å². The molecule has 1 heterocycles. The lowest BCUT2D eigenvalue weighted by atomic mass is 9.94. The molecule has 96 valence electrons. The first kappa shape index (κ1) is 12.9. The average molecular weight is 266 g/mol. The maximum atomic E-state index is 5.58. The minimum Gasteiger partial charge on any atom is -1.00 e. The lowest BCUT2D eigenvalue weighted by molar-refractivity contribution is -0.786. The van der Waals surface area contributed by atoms with E-state index in [1.807, 2.05) is 4.68 Å². The topological polar surface area (TPSA) is 55.9 Å². The highest BCUT2D eigenvalue weighted by Crippen LogP contribution is 2.39. The quantitative estimate of drug-likeness (QED) is 0.713. The Hall–Kier alpha value is -1.55. The number of nitrogens with zero attached hydrogens (tertiary/aromatic N) is 2. The van der Waals surface area contributed by atoms with Gasteiger partial charge in [0.05, 0.1) is 0 Å². The summed E-state index contributed by atoms with van der Waals surface area (Å²) in [5, 5.41) is 3.99. The van der Waals surface area contributed by atoms with E-state index in [9.17, 15) is 0 Å². The molecule has 1 aliphatic rings. The molecule has 1 aromatic heterocycles. The molecule has 18 heavy (non-hydrogen) atoms. The van der Waals surface area contributed by atoms with Gasteiger partial charge in [-0.25, -0.2) is 0 Å². The predicted molar refractivity (Wildman–Crippen MR) is 63.2 cm³/mol. The highest BCUT2D eigenvalue weighted by atomic mass is 35.5. The Balaban J connectivity index is 0.00000120. The van der Waals surface area contributed by atoms with E-state index >= 15 is 0 Å². The molecule has 1 saturated carbocycles. The molecule has 4 nitrogen and oxygen atoms in total. The van der Waals surface area contributed by atoms with Crippen molar-refractivity contribution in [2.24, 2.45) is 0 Å². The van der Waals surface area contributed by atoms with Gasteiger partial charge < -0.3 is 18.1 Å². The lowest BCUT2D eigenvalue weighted by Crippen LogP contribution is -3.00. The number of hydrogen-bond donors (Lipinski definition) is 1. The van der Waals surface area contributed by atoms with E-state index in [-0.39, 0.29) is 12.4 Å². The average Bonchev–Trinajstić information content (AvgIpc) is 2.98. The zero-order valence-corrected chi connectivity index (χ0v) is 10.8. The zero-order chi connectivity index (χ0) is 11.7. The molecular weight excluding hydrogens is 250 g/mol. The molecule has 1 fully saturated rings. The molecule has 3 rings (SSSR count). The van der Waals surface area contributed by atoms with Crippen LogP contribution in [0.3, 0.4) is 0 Å². The molecule has 0 amide bonds. The van der Waals surface area contributed by atoms with Gasteiger partial charge in [-0.1, -0.05) is 30.3 Å². The van der Waals surface area contributed by atoms with Crippen LogP contribution in [0.25, 0.3) is 0 Å². The summed E-state index contributed by atoms with van der Waals surface area (Å²) in [6, 6.07) is 11.0. The van der Waals surface area contributed by atoms with Crippen LogP contribution in [0, 0.1) is 0 Å². The van der Waals surface area contributed by atoms with Gasteiger partial charge in [-0.05, 0) is 23.1 Å². The van der Waals surface area contributed by atoms with Crippen LogP contribution in [-0.4, -0.2) is 5.27 Å². The van der Waals surface area contributed by atoms with Crippen molar-refractivity contribution in [1.82, 2.24) is 5.27 Å². The van der Waals surface area contributed by atoms with Crippen molar-refractivity contribution in [2.45, 2.75) is 31.2 Å². The Morgan fingerprint density at radius 2 is 2.00 bits per heavy atom. The van der Waals surface area contributed by atoms with Crippen LogP contribution in [-0.2, 0) is 0 Å². The molecule has 0 saturated heterocycles. The second-order valence-corrected chi connectivity index (χ2v) is 4.60. The minimum absolute atomic E-state index is 0. The summed E-state index contributed by atoms with van der Waals surface area (Å²) in [6.45, 7) is 0. The SMILES string of the molecule is Nc1c[n+]([C@@H]2CCC[C@H]2c2ccccc2)no1.[Cl-]. The van der Waals surface area contributed by atoms with Crippen molar-refractivity contribution in [3.05, 3.63) is 42.1 Å². The molecule has 5 heteroatoms. The van der Waals surface area contributed by atoms with Crippen molar-refractivity contribution in [1.29, 1.82) is 0 Å². The van der Waals surface area contributed by atoms with Crippen LogP contribution < -0.4 is 22.8 Å². The molecular formula is C13H16ClN3O. The van der Waals surface area contributed by atoms with E-state index in [4.69, 9.17) is 10.3 Å². The molecule has 1 aliphatic carbocycles. The zero-order valence-electron chi connectivity index (χ0n) is 10.00. The highest BCUT2D eigenvalue weighted by Gasteiger charge is 2.38. The summed E-state index contributed by atoms with van der Waals surface area (Å²) >= 11 is 0. The van der Waals surface area contributed by atoms with Gasteiger partial charge in [0.2, 0.25) is 5.27 Å². The van der Waals surface area contributed by atoms with Crippen LogP contribution in [0.1, 0.15) is 36.8 Å². The standard InChI is InChI=1S/C13H16N3O.ClH/c14-13-9-16(15-17-13)12-8-4-7-11(12)10-5-2-1-3-6-10;/h1-3,5-6,9,11-12H,4,7-8,14H2;1H/q+1;/p-1/t11-,12+;/m0./s1. The maximum Gasteiger partial charge on any atom is 0.293 e. The number of benzene rings is 1. The van der Waals surface area contributed by atoms with Gasteiger partial charge in [0, 0.05) is 12.3 Å². The van der Waals surface area contributed by atoms with Crippen molar-refractivity contribution in [2.75, 3.05) is 5.73 Å². The highest BCUT2D eigenvalue weighted by molar-refractivity contribution is 5.21. The lowest BCUT2D eigenvalue weighted by Gasteiger charge is -2.12. The van der Waals surface area contributed by atoms with Gasteiger partial charge in [0.15, 0.2) is 6.04 Å². The van der Waals surface area contributed by atoms with Gasteiger partial charge in [-0.3, -0.25) is 4.52 Å². The number of aromatic nitrogens is 2. The van der Waals surface area contributed by atoms with E-state index < -0.39 is 0 Å². The predicted octanol–water partition coefficient (Wildman–Crippen LogP) is -0.943. The third-order valence-electron chi connectivity index (χ3n) is 3.55. The van der Waals surface area contributed by atoms with Crippen LogP contribution >= 0.6 is 0 Å². The van der Waals surface area contributed by atoms with Gasteiger partial charge in [-0.15, -0.1) is 0 Å². The molecule has 0 unspecified atom stereocenters. The van der Waals surface area contributed by atoms with Crippen LogP contribution in [0.2, 0.25) is 0 Å².